The molecule has 0 saturated heterocycles. The summed E-state index contributed by atoms with van der Waals surface area (Å²) in [4.78, 5) is 10.6. The van der Waals surface area contributed by atoms with Crippen LogP contribution in [0.4, 0.5) is 0 Å². The van der Waals surface area contributed by atoms with E-state index in [0.29, 0.717) is 16.7 Å². The molecule has 4 N–H and O–H groups in total. The SMILES string of the molecule is Cc1occc1-c1nnc(SCCC(N)=O)n1N. The molecule has 1 amide bonds. The van der Waals surface area contributed by atoms with Gasteiger partial charge in [0.1, 0.15) is 5.76 Å². The molecular formula is C10H13N5O2S. The molecule has 96 valence electrons. The first-order valence-corrected chi connectivity index (χ1v) is 6.24. The zero-order valence-corrected chi connectivity index (χ0v) is 10.6. The molecular weight excluding hydrogens is 254 g/mol. The minimum atomic E-state index is -0.350. The zero-order chi connectivity index (χ0) is 13.1. The van der Waals surface area contributed by atoms with Crippen molar-refractivity contribution < 1.29 is 9.21 Å². The van der Waals surface area contributed by atoms with E-state index >= 15 is 0 Å². The van der Waals surface area contributed by atoms with Crippen molar-refractivity contribution in [1.82, 2.24) is 14.9 Å². The molecule has 0 fully saturated rings. The van der Waals surface area contributed by atoms with Crippen molar-refractivity contribution >= 4 is 17.7 Å². The van der Waals surface area contributed by atoms with Gasteiger partial charge in [-0.3, -0.25) is 4.79 Å². The van der Waals surface area contributed by atoms with Gasteiger partial charge in [0.25, 0.3) is 0 Å². The van der Waals surface area contributed by atoms with Crippen molar-refractivity contribution in [2.24, 2.45) is 5.73 Å². The lowest BCUT2D eigenvalue weighted by Gasteiger charge is -2.01. The highest BCUT2D eigenvalue weighted by atomic mass is 32.2. The number of amides is 1. The fourth-order valence-electron chi connectivity index (χ4n) is 1.42. The molecule has 8 heteroatoms. The first-order valence-electron chi connectivity index (χ1n) is 5.25. The fraction of sp³-hybridized carbons (Fsp3) is 0.300. The van der Waals surface area contributed by atoms with Crippen LogP contribution in [-0.4, -0.2) is 26.5 Å². The minimum absolute atomic E-state index is 0.275. The number of furan rings is 1. The Bertz CT molecular complexity index is 562. The highest BCUT2D eigenvalue weighted by molar-refractivity contribution is 7.99. The third kappa shape index (κ3) is 2.48. The number of rotatable bonds is 5. The molecule has 2 aromatic heterocycles. The lowest BCUT2D eigenvalue weighted by Crippen LogP contribution is -2.13. The molecule has 0 aliphatic carbocycles. The Morgan fingerprint density at radius 2 is 2.33 bits per heavy atom. The molecule has 18 heavy (non-hydrogen) atoms. The molecule has 0 spiro atoms. The average molecular weight is 267 g/mol. The van der Waals surface area contributed by atoms with Gasteiger partial charge in [0.2, 0.25) is 11.1 Å². The number of carbonyl (C=O) groups excluding carboxylic acids is 1. The number of nitrogens with zero attached hydrogens (tertiary/aromatic N) is 3. The maximum atomic E-state index is 10.6. The second-order valence-corrected chi connectivity index (χ2v) is 4.69. The van der Waals surface area contributed by atoms with Crippen LogP contribution in [0.1, 0.15) is 12.2 Å². The van der Waals surface area contributed by atoms with Crippen LogP contribution in [0.25, 0.3) is 11.4 Å². The minimum Gasteiger partial charge on any atom is -0.469 e. The number of carbonyl (C=O) groups is 1. The van der Waals surface area contributed by atoms with Crippen molar-refractivity contribution in [3.8, 4) is 11.4 Å². The van der Waals surface area contributed by atoms with E-state index in [1.165, 1.54) is 16.4 Å². The third-order valence-electron chi connectivity index (χ3n) is 2.34. The molecule has 2 rings (SSSR count). The lowest BCUT2D eigenvalue weighted by molar-refractivity contribution is -0.117. The summed E-state index contributed by atoms with van der Waals surface area (Å²) >= 11 is 1.33. The van der Waals surface area contributed by atoms with E-state index < -0.39 is 0 Å². The highest BCUT2D eigenvalue weighted by Crippen LogP contribution is 2.24. The Labute approximate surface area is 108 Å². The second-order valence-electron chi connectivity index (χ2n) is 3.63. The van der Waals surface area contributed by atoms with Gasteiger partial charge in [-0.05, 0) is 13.0 Å². The smallest absolute Gasteiger partial charge is 0.218 e. The number of aromatic nitrogens is 3. The normalized spacial score (nSPS) is 10.7. The van der Waals surface area contributed by atoms with Crippen LogP contribution in [0, 0.1) is 6.92 Å². The van der Waals surface area contributed by atoms with Gasteiger partial charge < -0.3 is 16.0 Å². The summed E-state index contributed by atoms with van der Waals surface area (Å²) in [5, 5.41) is 8.51. The average Bonchev–Trinajstić information content (AvgIpc) is 2.86. The molecule has 0 unspecified atom stereocenters. The Hall–Kier alpha value is -1.96. The summed E-state index contributed by atoms with van der Waals surface area (Å²) in [6, 6.07) is 1.78. The number of nitrogens with two attached hydrogens (primary N) is 2. The summed E-state index contributed by atoms with van der Waals surface area (Å²) in [5.74, 6) is 7.32. The van der Waals surface area contributed by atoms with Crippen molar-refractivity contribution in [1.29, 1.82) is 0 Å². The maximum Gasteiger partial charge on any atom is 0.218 e. The predicted molar refractivity (Wildman–Crippen MR) is 67.1 cm³/mol. The van der Waals surface area contributed by atoms with Gasteiger partial charge in [-0.1, -0.05) is 11.8 Å². The summed E-state index contributed by atoms with van der Waals surface area (Å²) in [7, 11) is 0. The van der Waals surface area contributed by atoms with Crippen molar-refractivity contribution in [2.45, 2.75) is 18.5 Å². The number of primary amides is 1. The first-order chi connectivity index (χ1) is 8.59. The highest BCUT2D eigenvalue weighted by Gasteiger charge is 2.15. The van der Waals surface area contributed by atoms with E-state index in [-0.39, 0.29) is 12.3 Å². The largest absolute Gasteiger partial charge is 0.469 e. The van der Waals surface area contributed by atoms with Gasteiger partial charge in [-0.15, -0.1) is 10.2 Å². The maximum absolute atomic E-state index is 10.6. The summed E-state index contributed by atoms with van der Waals surface area (Å²) < 4.78 is 6.57. The molecule has 0 aliphatic rings. The van der Waals surface area contributed by atoms with Crippen molar-refractivity contribution in [2.75, 3.05) is 11.6 Å². The van der Waals surface area contributed by atoms with Crippen LogP contribution in [0.3, 0.4) is 0 Å². The number of thioether (sulfide) groups is 1. The fourth-order valence-corrected chi connectivity index (χ4v) is 2.23. The van der Waals surface area contributed by atoms with Gasteiger partial charge in [0.05, 0.1) is 11.8 Å². The van der Waals surface area contributed by atoms with E-state index in [1.807, 2.05) is 6.92 Å². The van der Waals surface area contributed by atoms with Crippen molar-refractivity contribution in [3.63, 3.8) is 0 Å². The van der Waals surface area contributed by atoms with Crippen LogP contribution in [0.2, 0.25) is 0 Å². The zero-order valence-electron chi connectivity index (χ0n) is 9.79. The van der Waals surface area contributed by atoms with Gasteiger partial charge in [0.15, 0.2) is 5.82 Å². The standard InChI is InChI=1S/C10H13N5O2S/c1-6-7(2-4-17-6)9-13-14-10(15(9)12)18-5-3-8(11)16/h2,4H,3,5,12H2,1H3,(H2,11,16). The van der Waals surface area contributed by atoms with E-state index in [4.69, 9.17) is 16.0 Å². The molecule has 2 heterocycles. The molecule has 0 radical (unpaired) electrons. The lowest BCUT2D eigenvalue weighted by atomic mass is 10.2. The first kappa shape index (κ1) is 12.5. The number of hydrogen-bond acceptors (Lipinski definition) is 6. The quantitative estimate of drug-likeness (QED) is 0.603. The summed E-state index contributed by atoms with van der Waals surface area (Å²) in [6.45, 7) is 1.82. The van der Waals surface area contributed by atoms with Crippen LogP contribution in [-0.2, 0) is 4.79 Å². The van der Waals surface area contributed by atoms with Crippen LogP contribution >= 0.6 is 11.8 Å². The van der Waals surface area contributed by atoms with Crippen LogP contribution in [0.15, 0.2) is 21.9 Å². The molecule has 0 aliphatic heterocycles. The van der Waals surface area contributed by atoms with Crippen LogP contribution in [0.5, 0.6) is 0 Å². The molecule has 2 aromatic rings. The summed E-state index contributed by atoms with van der Waals surface area (Å²) in [6.07, 6.45) is 1.84. The Balaban J connectivity index is 2.14. The van der Waals surface area contributed by atoms with Gasteiger partial charge >= 0.3 is 0 Å². The monoisotopic (exact) mass is 267 g/mol. The number of nitrogen functional groups attached to an aromatic ring is 1. The Morgan fingerprint density at radius 1 is 1.56 bits per heavy atom. The van der Waals surface area contributed by atoms with Gasteiger partial charge in [-0.25, -0.2) is 4.68 Å². The predicted octanol–water partition coefficient (Wildman–Crippen LogP) is 0.528. The third-order valence-corrected chi connectivity index (χ3v) is 3.29. The molecule has 7 nitrogen and oxygen atoms in total. The van der Waals surface area contributed by atoms with Gasteiger partial charge in [-0.2, -0.15) is 0 Å². The summed E-state index contributed by atoms with van der Waals surface area (Å²) in [5.41, 5.74) is 5.86. The number of aryl methyl sites for hydroxylation is 1. The van der Waals surface area contributed by atoms with E-state index in [2.05, 4.69) is 10.2 Å². The van der Waals surface area contributed by atoms with E-state index in [1.54, 1.807) is 12.3 Å². The van der Waals surface area contributed by atoms with E-state index in [9.17, 15) is 4.79 Å². The molecule has 0 aromatic carbocycles. The molecule has 0 atom stereocenters. The Morgan fingerprint density at radius 3 is 2.94 bits per heavy atom. The topological polar surface area (TPSA) is 113 Å². The van der Waals surface area contributed by atoms with Crippen LogP contribution < -0.4 is 11.6 Å². The number of hydrogen-bond donors (Lipinski definition) is 2. The van der Waals surface area contributed by atoms with Gasteiger partial charge in [0, 0.05) is 12.2 Å². The second kappa shape index (κ2) is 5.13. The van der Waals surface area contributed by atoms with Crippen molar-refractivity contribution in [3.05, 3.63) is 18.1 Å². The molecule has 0 saturated carbocycles. The Kier molecular flexibility index (Phi) is 3.56. The van der Waals surface area contributed by atoms with E-state index in [0.717, 1.165) is 11.3 Å². The molecule has 0 bridgehead atoms.